The van der Waals surface area contributed by atoms with Crippen LogP contribution in [0.4, 0.5) is 0 Å². The molecule has 2 aliphatic rings. The molecule has 0 amide bonds. The van der Waals surface area contributed by atoms with E-state index in [2.05, 4.69) is 38.3 Å². The number of piperidine rings is 1. The van der Waals surface area contributed by atoms with E-state index in [-0.39, 0.29) is 12.4 Å². The summed E-state index contributed by atoms with van der Waals surface area (Å²) < 4.78 is 5.47. The normalized spacial score (nSPS) is 22.3. The summed E-state index contributed by atoms with van der Waals surface area (Å²) in [5, 5.41) is 12.0. The maximum atomic E-state index is 5.47. The Bertz CT molecular complexity index is 622. The lowest BCUT2D eigenvalue weighted by Gasteiger charge is -2.28. The van der Waals surface area contributed by atoms with E-state index in [0.717, 1.165) is 24.5 Å². The maximum absolute atomic E-state index is 5.47. The van der Waals surface area contributed by atoms with Crippen LogP contribution >= 0.6 is 23.7 Å². The third-order valence-corrected chi connectivity index (χ3v) is 5.92. The Labute approximate surface area is 147 Å². The quantitative estimate of drug-likeness (QED) is 0.891. The van der Waals surface area contributed by atoms with Crippen LogP contribution in [0.2, 0.25) is 0 Å². The number of aryl methyl sites for hydroxylation is 1. The molecule has 23 heavy (non-hydrogen) atoms. The van der Waals surface area contributed by atoms with Crippen molar-refractivity contribution in [2.45, 2.75) is 45.3 Å². The van der Waals surface area contributed by atoms with Crippen LogP contribution in [0.15, 0.2) is 27.4 Å². The van der Waals surface area contributed by atoms with Crippen LogP contribution in [0.5, 0.6) is 0 Å². The van der Waals surface area contributed by atoms with E-state index >= 15 is 0 Å². The van der Waals surface area contributed by atoms with Crippen LogP contribution in [-0.2, 0) is 13.1 Å². The zero-order valence-corrected chi connectivity index (χ0v) is 15.1. The van der Waals surface area contributed by atoms with Gasteiger partial charge in [0.2, 0.25) is 0 Å². The highest BCUT2D eigenvalue weighted by atomic mass is 35.5. The molecule has 0 aromatic carbocycles. The lowest BCUT2D eigenvalue weighted by atomic mass is 9.93. The van der Waals surface area contributed by atoms with Gasteiger partial charge in [-0.1, -0.05) is 5.16 Å². The lowest BCUT2D eigenvalue weighted by molar-refractivity contribution is 0.170. The third kappa shape index (κ3) is 3.63. The van der Waals surface area contributed by atoms with E-state index in [1.165, 1.54) is 37.9 Å². The van der Waals surface area contributed by atoms with Crippen molar-refractivity contribution >= 4 is 23.7 Å². The highest BCUT2D eigenvalue weighted by Crippen LogP contribution is 2.56. The number of aromatic nitrogens is 1. The van der Waals surface area contributed by atoms with E-state index in [0.29, 0.717) is 11.5 Å². The predicted molar refractivity (Wildman–Crippen MR) is 95.0 cm³/mol. The van der Waals surface area contributed by atoms with E-state index in [1.54, 1.807) is 11.3 Å². The summed E-state index contributed by atoms with van der Waals surface area (Å²) in [6.45, 7) is 6.22. The van der Waals surface area contributed by atoms with Crippen LogP contribution in [0, 0.1) is 12.3 Å². The Morgan fingerprint density at radius 1 is 1.39 bits per heavy atom. The van der Waals surface area contributed by atoms with Crippen molar-refractivity contribution in [2.24, 2.45) is 5.41 Å². The van der Waals surface area contributed by atoms with Crippen molar-refractivity contribution in [1.82, 2.24) is 15.4 Å². The Kier molecular flexibility index (Phi) is 5.11. The molecule has 6 heteroatoms. The Morgan fingerprint density at radius 3 is 2.87 bits per heavy atom. The summed E-state index contributed by atoms with van der Waals surface area (Å²) in [6, 6.07) is 5.00. The summed E-state index contributed by atoms with van der Waals surface area (Å²) in [5.74, 6) is 0.990. The molecule has 2 aromatic heterocycles. The van der Waals surface area contributed by atoms with Gasteiger partial charge < -0.3 is 9.84 Å². The standard InChI is InChI=1S/C17H23N3OS.ClH/c1-13-8-15(21-19-13)11-20(10-14-2-7-22-12-14)16-9-17(16)3-5-18-6-4-17;/h2,7-8,12,16,18H,3-6,9-11H2,1H3;1H. The molecule has 1 spiro atoms. The topological polar surface area (TPSA) is 41.3 Å². The molecule has 1 aliphatic heterocycles. The molecule has 0 radical (unpaired) electrons. The number of nitrogens with zero attached hydrogens (tertiary/aromatic N) is 2. The monoisotopic (exact) mass is 353 g/mol. The molecule has 0 bridgehead atoms. The first-order valence-corrected chi connectivity index (χ1v) is 9.08. The minimum absolute atomic E-state index is 0. The molecule has 4 rings (SSSR count). The molecule has 3 heterocycles. The van der Waals surface area contributed by atoms with Crippen LogP contribution in [0.25, 0.3) is 0 Å². The summed E-state index contributed by atoms with van der Waals surface area (Å²) in [6.07, 6.45) is 3.96. The second kappa shape index (κ2) is 6.93. The molecule has 126 valence electrons. The SMILES string of the molecule is Cc1cc(CN(Cc2ccsc2)C2CC23CCNCC3)on1.Cl. The Hall–Kier alpha value is -0.880. The molecule has 1 aliphatic carbocycles. The van der Waals surface area contributed by atoms with Gasteiger partial charge >= 0.3 is 0 Å². The van der Waals surface area contributed by atoms with E-state index < -0.39 is 0 Å². The number of thiophene rings is 1. The average molecular weight is 354 g/mol. The number of nitrogens with one attached hydrogen (secondary N) is 1. The van der Waals surface area contributed by atoms with Crippen LogP contribution < -0.4 is 5.32 Å². The zero-order chi connectivity index (χ0) is 15.0. The molecule has 1 atom stereocenters. The molecular weight excluding hydrogens is 330 g/mol. The smallest absolute Gasteiger partial charge is 0.150 e. The molecule has 2 aromatic rings. The van der Waals surface area contributed by atoms with Gasteiger partial charge in [0.15, 0.2) is 5.76 Å². The van der Waals surface area contributed by atoms with Gasteiger partial charge in [0.1, 0.15) is 0 Å². The number of hydrogen-bond acceptors (Lipinski definition) is 5. The fraction of sp³-hybridized carbons (Fsp3) is 0.588. The minimum Gasteiger partial charge on any atom is -0.360 e. The molecular formula is C17H24ClN3OS. The minimum atomic E-state index is 0. The summed E-state index contributed by atoms with van der Waals surface area (Å²) >= 11 is 1.78. The van der Waals surface area contributed by atoms with E-state index in [4.69, 9.17) is 4.52 Å². The predicted octanol–water partition coefficient (Wildman–Crippen LogP) is 3.61. The van der Waals surface area contributed by atoms with E-state index in [9.17, 15) is 0 Å². The van der Waals surface area contributed by atoms with Gasteiger partial charge in [-0.2, -0.15) is 11.3 Å². The van der Waals surface area contributed by atoms with Crippen LogP contribution in [0.3, 0.4) is 0 Å². The van der Waals surface area contributed by atoms with Crippen molar-refractivity contribution in [3.8, 4) is 0 Å². The second-order valence-corrected chi connectivity index (χ2v) is 7.58. The van der Waals surface area contributed by atoms with E-state index in [1.807, 2.05) is 6.92 Å². The lowest BCUT2D eigenvalue weighted by Crippen LogP contribution is -2.35. The first-order chi connectivity index (χ1) is 10.8. The van der Waals surface area contributed by atoms with Crippen LogP contribution in [-0.4, -0.2) is 29.2 Å². The molecule has 1 saturated heterocycles. The van der Waals surface area contributed by atoms with Gasteiger partial charge in [0.25, 0.3) is 0 Å². The number of hydrogen-bond donors (Lipinski definition) is 1. The number of rotatable bonds is 5. The number of halogens is 1. The van der Waals surface area contributed by atoms with Gasteiger partial charge in [-0.05, 0) is 67.1 Å². The molecule has 2 fully saturated rings. The van der Waals surface area contributed by atoms with Gasteiger partial charge in [0, 0.05) is 18.7 Å². The zero-order valence-electron chi connectivity index (χ0n) is 13.5. The Balaban J connectivity index is 0.00000156. The van der Waals surface area contributed by atoms with Crippen molar-refractivity contribution in [3.05, 3.63) is 39.9 Å². The fourth-order valence-corrected chi connectivity index (χ4v) is 4.55. The Morgan fingerprint density at radius 2 is 2.22 bits per heavy atom. The molecule has 1 saturated carbocycles. The fourth-order valence-electron chi connectivity index (χ4n) is 3.89. The largest absolute Gasteiger partial charge is 0.360 e. The average Bonchev–Trinajstić information content (AvgIpc) is 2.90. The first kappa shape index (κ1) is 17.0. The van der Waals surface area contributed by atoms with Crippen molar-refractivity contribution in [1.29, 1.82) is 0 Å². The highest BCUT2D eigenvalue weighted by Gasteiger charge is 2.56. The van der Waals surface area contributed by atoms with Gasteiger partial charge in [-0.15, -0.1) is 12.4 Å². The summed E-state index contributed by atoms with van der Waals surface area (Å²) in [7, 11) is 0. The second-order valence-electron chi connectivity index (χ2n) is 6.80. The third-order valence-electron chi connectivity index (χ3n) is 5.19. The van der Waals surface area contributed by atoms with Crippen LogP contribution in [0.1, 0.15) is 36.3 Å². The van der Waals surface area contributed by atoms with Crippen molar-refractivity contribution in [3.63, 3.8) is 0 Å². The van der Waals surface area contributed by atoms with Gasteiger partial charge in [-0.3, -0.25) is 4.90 Å². The highest BCUT2D eigenvalue weighted by molar-refractivity contribution is 7.07. The first-order valence-electron chi connectivity index (χ1n) is 8.13. The van der Waals surface area contributed by atoms with Crippen molar-refractivity contribution in [2.75, 3.05) is 13.1 Å². The maximum Gasteiger partial charge on any atom is 0.150 e. The van der Waals surface area contributed by atoms with Gasteiger partial charge in [-0.25, -0.2) is 0 Å². The summed E-state index contributed by atoms with van der Waals surface area (Å²) in [4.78, 5) is 2.60. The molecule has 1 N–H and O–H groups in total. The molecule has 4 nitrogen and oxygen atoms in total. The van der Waals surface area contributed by atoms with Gasteiger partial charge in [0.05, 0.1) is 12.2 Å². The molecule has 1 unspecified atom stereocenters. The van der Waals surface area contributed by atoms with Crippen molar-refractivity contribution < 1.29 is 4.52 Å². The summed E-state index contributed by atoms with van der Waals surface area (Å²) in [5.41, 5.74) is 2.94.